The maximum absolute atomic E-state index is 11.4. The molecule has 0 aromatic rings. The van der Waals surface area contributed by atoms with Crippen LogP contribution in [0.2, 0.25) is 0 Å². The number of hydrogen-bond donors (Lipinski definition) is 2. The number of carbonyl (C=O) groups is 1. The summed E-state index contributed by atoms with van der Waals surface area (Å²) in [7, 11) is 0. The number of rotatable bonds is 5. The van der Waals surface area contributed by atoms with Crippen molar-refractivity contribution in [3.8, 4) is 0 Å². The van der Waals surface area contributed by atoms with Gasteiger partial charge < -0.3 is 15.4 Å². The van der Waals surface area contributed by atoms with Gasteiger partial charge in [-0.1, -0.05) is 12.5 Å². The molecule has 0 aliphatic carbocycles. The molecule has 98 valence electrons. The van der Waals surface area contributed by atoms with Crippen LogP contribution in [0.4, 0.5) is 4.79 Å². The molecule has 2 N–H and O–H groups in total. The fourth-order valence-electron chi connectivity index (χ4n) is 1.49. The second-order valence-corrected chi connectivity index (χ2v) is 4.20. The molecule has 0 unspecified atom stereocenters. The molecule has 1 rings (SSSR count). The SMILES string of the molecule is CC/C(C)=C/NC(=O)NCCN1CCOCC1. The fourth-order valence-corrected chi connectivity index (χ4v) is 1.49. The number of nitrogens with one attached hydrogen (secondary N) is 2. The Labute approximate surface area is 103 Å². The van der Waals surface area contributed by atoms with Crippen molar-refractivity contribution in [2.24, 2.45) is 0 Å². The van der Waals surface area contributed by atoms with Gasteiger partial charge in [-0.15, -0.1) is 0 Å². The smallest absolute Gasteiger partial charge is 0.318 e. The molecule has 1 saturated heterocycles. The second-order valence-electron chi connectivity index (χ2n) is 4.20. The Morgan fingerprint density at radius 2 is 2.12 bits per heavy atom. The highest BCUT2D eigenvalue weighted by atomic mass is 16.5. The summed E-state index contributed by atoms with van der Waals surface area (Å²) in [5.41, 5.74) is 1.16. The molecule has 0 bridgehead atoms. The lowest BCUT2D eigenvalue weighted by atomic mass is 10.3. The average molecular weight is 241 g/mol. The second kappa shape index (κ2) is 8.08. The lowest BCUT2D eigenvalue weighted by Crippen LogP contribution is -2.42. The van der Waals surface area contributed by atoms with Crippen LogP contribution in [-0.4, -0.2) is 50.3 Å². The summed E-state index contributed by atoms with van der Waals surface area (Å²) < 4.78 is 5.26. The van der Waals surface area contributed by atoms with Crippen LogP contribution in [0.3, 0.4) is 0 Å². The van der Waals surface area contributed by atoms with E-state index in [2.05, 4.69) is 22.5 Å². The predicted molar refractivity (Wildman–Crippen MR) is 67.8 cm³/mol. The van der Waals surface area contributed by atoms with Crippen LogP contribution in [0.15, 0.2) is 11.8 Å². The first-order valence-corrected chi connectivity index (χ1v) is 6.22. The number of amides is 2. The molecule has 1 aliphatic rings. The van der Waals surface area contributed by atoms with Gasteiger partial charge in [0.15, 0.2) is 0 Å². The molecule has 2 amide bonds. The molecule has 1 heterocycles. The van der Waals surface area contributed by atoms with Gasteiger partial charge >= 0.3 is 6.03 Å². The number of ether oxygens (including phenoxy) is 1. The van der Waals surface area contributed by atoms with Crippen LogP contribution in [0.5, 0.6) is 0 Å². The van der Waals surface area contributed by atoms with Crippen molar-refractivity contribution in [2.75, 3.05) is 39.4 Å². The van der Waals surface area contributed by atoms with E-state index in [1.165, 1.54) is 0 Å². The van der Waals surface area contributed by atoms with E-state index < -0.39 is 0 Å². The number of carbonyl (C=O) groups excluding carboxylic acids is 1. The molecule has 0 radical (unpaired) electrons. The summed E-state index contributed by atoms with van der Waals surface area (Å²) in [4.78, 5) is 13.7. The van der Waals surface area contributed by atoms with Gasteiger partial charge in [0, 0.05) is 32.4 Å². The highest BCUT2D eigenvalue weighted by Crippen LogP contribution is 1.95. The van der Waals surface area contributed by atoms with E-state index in [0.717, 1.165) is 44.8 Å². The molecule has 0 spiro atoms. The number of allylic oxidation sites excluding steroid dienone is 1. The summed E-state index contributed by atoms with van der Waals surface area (Å²) in [6, 6.07) is -0.133. The van der Waals surface area contributed by atoms with Crippen LogP contribution in [0.1, 0.15) is 20.3 Å². The fraction of sp³-hybridized carbons (Fsp3) is 0.750. The van der Waals surface area contributed by atoms with Crippen molar-refractivity contribution >= 4 is 6.03 Å². The molecule has 5 nitrogen and oxygen atoms in total. The first kappa shape index (κ1) is 14.0. The standard InChI is InChI=1S/C12H23N3O2/c1-3-11(2)10-14-12(16)13-4-5-15-6-8-17-9-7-15/h10H,3-9H2,1-2H3,(H2,13,14,16)/b11-10+. The molecule has 17 heavy (non-hydrogen) atoms. The highest BCUT2D eigenvalue weighted by molar-refractivity contribution is 5.74. The molecule has 0 atom stereocenters. The van der Waals surface area contributed by atoms with E-state index in [1.807, 2.05) is 6.92 Å². The first-order valence-electron chi connectivity index (χ1n) is 6.22. The number of urea groups is 1. The predicted octanol–water partition coefficient (Wildman–Crippen LogP) is 0.932. The monoisotopic (exact) mass is 241 g/mol. The normalized spacial score (nSPS) is 17.9. The molecule has 0 aromatic carbocycles. The van der Waals surface area contributed by atoms with E-state index in [0.29, 0.717) is 6.54 Å². The zero-order chi connectivity index (χ0) is 12.5. The Bertz CT molecular complexity index is 260. The van der Waals surface area contributed by atoms with Crippen LogP contribution >= 0.6 is 0 Å². The van der Waals surface area contributed by atoms with Gasteiger partial charge in [-0.05, 0) is 13.3 Å². The van der Waals surface area contributed by atoms with E-state index >= 15 is 0 Å². The van der Waals surface area contributed by atoms with Crippen LogP contribution in [0, 0.1) is 0 Å². The third-order valence-corrected chi connectivity index (χ3v) is 2.82. The van der Waals surface area contributed by atoms with E-state index in [1.54, 1.807) is 6.20 Å². The zero-order valence-corrected chi connectivity index (χ0v) is 10.8. The summed E-state index contributed by atoms with van der Waals surface area (Å²) in [6.07, 6.45) is 2.71. The maximum atomic E-state index is 11.4. The minimum Gasteiger partial charge on any atom is -0.379 e. The molecule has 0 saturated carbocycles. The molecular weight excluding hydrogens is 218 g/mol. The van der Waals surface area contributed by atoms with Crippen molar-refractivity contribution in [1.82, 2.24) is 15.5 Å². The van der Waals surface area contributed by atoms with Crippen LogP contribution in [0.25, 0.3) is 0 Å². The van der Waals surface area contributed by atoms with Crippen LogP contribution < -0.4 is 10.6 Å². The Kier molecular flexibility index (Phi) is 6.65. The van der Waals surface area contributed by atoms with Gasteiger partial charge in [0.2, 0.25) is 0 Å². The van der Waals surface area contributed by atoms with Gasteiger partial charge in [-0.3, -0.25) is 4.90 Å². The summed E-state index contributed by atoms with van der Waals surface area (Å²) in [5, 5.41) is 5.55. The Morgan fingerprint density at radius 3 is 2.76 bits per heavy atom. The van der Waals surface area contributed by atoms with E-state index in [9.17, 15) is 4.79 Å². The number of nitrogens with zero attached hydrogens (tertiary/aromatic N) is 1. The summed E-state index contributed by atoms with van der Waals surface area (Å²) >= 11 is 0. The Morgan fingerprint density at radius 1 is 1.41 bits per heavy atom. The molecule has 0 aromatic heterocycles. The minimum atomic E-state index is -0.133. The third kappa shape index (κ3) is 6.28. The minimum absolute atomic E-state index is 0.133. The van der Waals surface area contributed by atoms with E-state index in [-0.39, 0.29) is 6.03 Å². The van der Waals surface area contributed by atoms with Gasteiger partial charge in [-0.2, -0.15) is 0 Å². The van der Waals surface area contributed by atoms with Crippen molar-refractivity contribution in [1.29, 1.82) is 0 Å². The van der Waals surface area contributed by atoms with Gasteiger partial charge in [0.1, 0.15) is 0 Å². The molecule has 1 aliphatic heterocycles. The highest BCUT2D eigenvalue weighted by Gasteiger charge is 2.09. The quantitative estimate of drug-likeness (QED) is 0.753. The van der Waals surface area contributed by atoms with Crippen molar-refractivity contribution < 1.29 is 9.53 Å². The number of hydrogen-bond acceptors (Lipinski definition) is 3. The topological polar surface area (TPSA) is 53.6 Å². The van der Waals surface area contributed by atoms with Gasteiger partial charge in [0.25, 0.3) is 0 Å². The third-order valence-electron chi connectivity index (χ3n) is 2.82. The summed E-state index contributed by atoms with van der Waals surface area (Å²) in [6.45, 7) is 9.11. The average Bonchev–Trinajstić information content (AvgIpc) is 2.37. The molecule has 1 fully saturated rings. The molecule has 5 heteroatoms. The van der Waals surface area contributed by atoms with Crippen molar-refractivity contribution in [3.63, 3.8) is 0 Å². The zero-order valence-electron chi connectivity index (χ0n) is 10.8. The Balaban J connectivity index is 2.07. The summed E-state index contributed by atoms with van der Waals surface area (Å²) in [5.74, 6) is 0. The van der Waals surface area contributed by atoms with Gasteiger partial charge in [-0.25, -0.2) is 4.79 Å². The van der Waals surface area contributed by atoms with Crippen LogP contribution in [-0.2, 0) is 4.74 Å². The molecular formula is C12H23N3O2. The largest absolute Gasteiger partial charge is 0.379 e. The lowest BCUT2D eigenvalue weighted by Gasteiger charge is -2.26. The van der Waals surface area contributed by atoms with Gasteiger partial charge in [0.05, 0.1) is 13.2 Å². The van der Waals surface area contributed by atoms with Crippen molar-refractivity contribution in [3.05, 3.63) is 11.8 Å². The lowest BCUT2D eigenvalue weighted by molar-refractivity contribution is 0.0387. The van der Waals surface area contributed by atoms with Crippen molar-refractivity contribution in [2.45, 2.75) is 20.3 Å². The number of morpholine rings is 1. The first-order chi connectivity index (χ1) is 8.22. The maximum Gasteiger partial charge on any atom is 0.318 e. The Hall–Kier alpha value is -1.07. The van der Waals surface area contributed by atoms with E-state index in [4.69, 9.17) is 4.74 Å².